The number of amides is 2. The molecule has 1 N–H and O–H groups in total. The summed E-state index contributed by atoms with van der Waals surface area (Å²) in [5, 5.41) is 4.25. The highest BCUT2D eigenvalue weighted by Crippen LogP contribution is 2.38. The Balaban J connectivity index is 1.34. The molecule has 40 heavy (non-hydrogen) atoms. The zero-order chi connectivity index (χ0) is 28.2. The third-order valence-corrected chi connectivity index (χ3v) is 9.07. The van der Waals surface area contributed by atoms with Gasteiger partial charge in [-0.3, -0.25) is 4.79 Å². The van der Waals surface area contributed by atoms with E-state index in [-0.39, 0.29) is 24.1 Å². The van der Waals surface area contributed by atoms with Gasteiger partial charge in [-0.15, -0.1) is 0 Å². The summed E-state index contributed by atoms with van der Waals surface area (Å²) in [6.07, 6.45) is 2.12. The molecule has 2 amide bonds. The number of hydrogen-bond donors (Lipinski definition) is 1. The molecule has 0 spiro atoms. The molecule has 1 atom stereocenters. The highest BCUT2D eigenvalue weighted by molar-refractivity contribution is 6.42. The number of nitrogens with one attached hydrogen (secondary N) is 1. The van der Waals surface area contributed by atoms with Crippen molar-refractivity contribution in [2.45, 2.75) is 43.7 Å². The number of carbonyl (C=O) groups is 2. The van der Waals surface area contributed by atoms with Gasteiger partial charge in [0.15, 0.2) is 0 Å². The molecular weight excluding hydrogens is 545 g/mol. The number of nitrogens with zero attached hydrogens (tertiary/aromatic N) is 2. The summed E-state index contributed by atoms with van der Waals surface area (Å²) in [6.45, 7) is 5.38. The van der Waals surface area contributed by atoms with E-state index in [1.54, 1.807) is 11.8 Å². The fourth-order valence-electron chi connectivity index (χ4n) is 6.10. The molecule has 2 fully saturated rings. The quantitative estimate of drug-likeness (QED) is 0.335. The predicted octanol–water partition coefficient (Wildman–Crippen LogP) is 6.40. The topological polar surface area (TPSA) is 61.9 Å². The minimum Gasteiger partial charge on any atom is -0.448 e. The molecule has 210 valence electrons. The van der Waals surface area contributed by atoms with Crippen LogP contribution in [0.5, 0.6) is 0 Å². The fourth-order valence-corrected chi connectivity index (χ4v) is 6.40. The largest absolute Gasteiger partial charge is 0.448 e. The van der Waals surface area contributed by atoms with Crippen molar-refractivity contribution in [1.82, 2.24) is 15.1 Å². The molecule has 5 rings (SSSR count). The van der Waals surface area contributed by atoms with Gasteiger partial charge in [-0.25, -0.2) is 4.79 Å². The second kappa shape index (κ2) is 12.2. The van der Waals surface area contributed by atoms with Crippen LogP contribution in [0.15, 0.2) is 78.9 Å². The molecule has 8 heteroatoms. The zero-order valence-corrected chi connectivity index (χ0v) is 24.3. The van der Waals surface area contributed by atoms with Crippen LogP contribution in [0.25, 0.3) is 0 Å². The maximum absolute atomic E-state index is 12.9. The summed E-state index contributed by atoms with van der Waals surface area (Å²) < 4.78 is 5.82. The van der Waals surface area contributed by atoms with Crippen LogP contribution in [-0.2, 0) is 27.0 Å². The first kappa shape index (κ1) is 28.5. The predicted molar refractivity (Wildman–Crippen MR) is 159 cm³/mol. The van der Waals surface area contributed by atoms with Gasteiger partial charge in [0.25, 0.3) is 0 Å². The van der Waals surface area contributed by atoms with E-state index < -0.39 is 5.41 Å². The van der Waals surface area contributed by atoms with E-state index in [0.717, 1.165) is 55.6 Å². The number of ether oxygens (including phenoxy) is 1. The second-order valence-corrected chi connectivity index (χ2v) is 11.8. The van der Waals surface area contributed by atoms with Gasteiger partial charge in [0.1, 0.15) is 6.61 Å². The van der Waals surface area contributed by atoms with Crippen LogP contribution in [-0.4, -0.2) is 54.6 Å². The van der Waals surface area contributed by atoms with Crippen molar-refractivity contribution in [2.24, 2.45) is 0 Å². The molecule has 0 saturated carbocycles. The molecule has 2 aliphatic rings. The monoisotopic (exact) mass is 579 g/mol. The Morgan fingerprint density at radius 2 is 1.60 bits per heavy atom. The van der Waals surface area contributed by atoms with E-state index in [1.807, 2.05) is 66.7 Å². The highest BCUT2D eigenvalue weighted by Gasteiger charge is 2.43. The van der Waals surface area contributed by atoms with Crippen LogP contribution >= 0.6 is 23.2 Å². The molecular formula is C32H35Cl2N3O3. The van der Waals surface area contributed by atoms with E-state index >= 15 is 0 Å². The Morgan fingerprint density at radius 1 is 0.925 bits per heavy atom. The van der Waals surface area contributed by atoms with Gasteiger partial charge in [0, 0.05) is 38.5 Å². The van der Waals surface area contributed by atoms with Gasteiger partial charge in [0.05, 0.1) is 15.6 Å². The fraction of sp³-hybridized carbons (Fsp3) is 0.375. The summed E-state index contributed by atoms with van der Waals surface area (Å²) in [5.41, 5.74) is 2.41. The van der Waals surface area contributed by atoms with E-state index in [9.17, 15) is 9.59 Å². The number of benzene rings is 3. The lowest BCUT2D eigenvalue weighted by Gasteiger charge is -2.46. The van der Waals surface area contributed by atoms with Crippen LogP contribution < -0.4 is 5.32 Å². The van der Waals surface area contributed by atoms with E-state index in [1.165, 1.54) is 0 Å². The standard InChI is InChI=1S/C32H35Cl2N3O3/c1-24(38)35-32(26-10-6-3-7-11-26)15-18-36(19-16-32)17-14-31(27-12-13-28(33)29(34)20-27)22-37(30(39)40-23-31)21-25-8-4-2-5-9-25/h2-13,20H,14-19,21-23H2,1H3,(H,35,38). The van der Waals surface area contributed by atoms with Gasteiger partial charge in [-0.1, -0.05) is 89.9 Å². The molecule has 0 aromatic heterocycles. The number of hydrogen-bond acceptors (Lipinski definition) is 4. The van der Waals surface area contributed by atoms with Crippen LogP contribution in [0.2, 0.25) is 10.0 Å². The van der Waals surface area contributed by atoms with Crippen molar-refractivity contribution >= 4 is 35.2 Å². The average molecular weight is 581 g/mol. The van der Waals surface area contributed by atoms with Crippen LogP contribution in [0.4, 0.5) is 4.79 Å². The maximum Gasteiger partial charge on any atom is 0.410 e. The van der Waals surface area contributed by atoms with E-state index in [4.69, 9.17) is 27.9 Å². The molecule has 3 aromatic rings. The first-order chi connectivity index (χ1) is 19.3. The van der Waals surface area contributed by atoms with Crippen molar-refractivity contribution in [2.75, 3.05) is 32.8 Å². The number of halogens is 2. The zero-order valence-electron chi connectivity index (χ0n) is 22.7. The first-order valence-electron chi connectivity index (χ1n) is 13.8. The van der Waals surface area contributed by atoms with Crippen LogP contribution in [0, 0.1) is 0 Å². The van der Waals surface area contributed by atoms with E-state index in [0.29, 0.717) is 23.1 Å². The average Bonchev–Trinajstić information content (AvgIpc) is 2.96. The van der Waals surface area contributed by atoms with Crippen LogP contribution in [0.3, 0.4) is 0 Å². The molecule has 6 nitrogen and oxygen atoms in total. The lowest BCUT2D eigenvalue weighted by atomic mass is 9.76. The van der Waals surface area contributed by atoms with Crippen molar-refractivity contribution in [3.63, 3.8) is 0 Å². The van der Waals surface area contributed by atoms with Crippen molar-refractivity contribution in [3.8, 4) is 0 Å². The van der Waals surface area contributed by atoms with Crippen LogP contribution in [0.1, 0.15) is 42.9 Å². The second-order valence-electron chi connectivity index (χ2n) is 11.0. The third-order valence-electron chi connectivity index (χ3n) is 8.33. The maximum atomic E-state index is 12.9. The molecule has 3 aromatic carbocycles. The Morgan fingerprint density at radius 3 is 2.25 bits per heavy atom. The lowest BCUT2D eigenvalue weighted by Crippen LogP contribution is -2.55. The smallest absolute Gasteiger partial charge is 0.410 e. The summed E-state index contributed by atoms with van der Waals surface area (Å²) in [7, 11) is 0. The molecule has 0 bridgehead atoms. The normalized spacial score (nSPS) is 21.1. The summed E-state index contributed by atoms with van der Waals surface area (Å²) in [5.74, 6) is -0.0154. The number of cyclic esters (lactones) is 1. The summed E-state index contributed by atoms with van der Waals surface area (Å²) in [4.78, 5) is 29.2. The summed E-state index contributed by atoms with van der Waals surface area (Å²) in [6, 6.07) is 25.9. The van der Waals surface area contributed by atoms with Crippen molar-refractivity contribution in [3.05, 3.63) is 106 Å². The van der Waals surface area contributed by atoms with Gasteiger partial charge in [-0.2, -0.15) is 0 Å². The number of piperidine rings is 1. The molecule has 2 heterocycles. The number of likely N-dealkylation sites (tertiary alicyclic amines) is 1. The lowest BCUT2D eigenvalue weighted by molar-refractivity contribution is -0.121. The molecule has 2 aliphatic heterocycles. The molecule has 1 unspecified atom stereocenters. The van der Waals surface area contributed by atoms with Gasteiger partial charge in [-0.05, 0) is 54.6 Å². The van der Waals surface area contributed by atoms with Gasteiger partial charge in [0.2, 0.25) is 5.91 Å². The van der Waals surface area contributed by atoms with Gasteiger partial charge < -0.3 is 19.9 Å². The molecule has 0 aliphatic carbocycles. The highest BCUT2D eigenvalue weighted by atomic mass is 35.5. The Kier molecular flexibility index (Phi) is 8.69. The summed E-state index contributed by atoms with van der Waals surface area (Å²) >= 11 is 12.7. The third kappa shape index (κ3) is 6.30. The van der Waals surface area contributed by atoms with E-state index in [2.05, 4.69) is 22.3 Å². The number of carbonyl (C=O) groups excluding carboxylic acids is 2. The minimum atomic E-state index is -0.442. The first-order valence-corrected chi connectivity index (χ1v) is 14.5. The molecule has 2 saturated heterocycles. The van der Waals surface area contributed by atoms with Gasteiger partial charge >= 0.3 is 6.09 Å². The Hall–Kier alpha value is -3.06. The van der Waals surface area contributed by atoms with Crippen molar-refractivity contribution < 1.29 is 14.3 Å². The Labute approximate surface area is 246 Å². The van der Waals surface area contributed by atoms with Crippen molar-refractivity contribution in [1.29, 1.82) is 0 Å². The number of rotatable bonds is 8. The molecule has 0 radical (unpaired) electrons. The SMILES string of the molecule is CC(=O)NC1(c2ccccc2)CCN(CCC2(c3ccc(Cl)c(Cl)c3)COC(=O)N(Cc3ccccc3)C2)CC1. The Bertz CT molecular complexity index is 1330. The minimum absolute atomic E-state index is 0.0154.